The van der Waals surface area contributed by atoms with Gasteiger partial charge in [0.2, 0.25) is 0 Å². The number of carbonyl (C=O) groups excluding carboxylic acids is 1. The van der Waals surface area contributed by atoms with Crippen molar-refractivity contribution in [2.24, 2.45) is 0 Å². The molecular formula is C11H19BrN2O3Si. The first kappa shape index (κ1) is 15.4. The normalized spacial score (nSPS) is 11.6. The lowest BCUT2D eigenvalue weighted by atomic mass is 10.5. The maximum Gasteiger partial charge on any atom is 0.359 e. The van der Waals surface area contributed by atoms with Gasteiger partial charge in [0.15, 0.2) is 5.69 Å². The van der Waals surface area contributed by atoms with Crippen molar-refractivity contribution in [3.05, 3.63) is 16.6 Å². The Labute approximate surface area is 117 Å². The molecule has 0 unspecified atom stereocenters. The van der Waals surface area contributed by atoms with Gasteiger partial charge in [-0.15, -0.1) is 0 Å². The molecule has 0 bridgehead atoms. The zero-order valence-corrected chi connectivity index (χ0v) is 13.8. The van der Waals surface area contributed by atoms with E-state index in [0.717, 1.165) is 12.7 Å². The number of hydrogen-bond acceptors (Lipinski definition) is 4. The van der Waals surface area contributed by atoms with Crippen molar-refractivity contribution >= 4 is 30.0 Å². The summed E-state index contributed by atoms with van der Waals surface area (Å²) in [5, 5.41) is 0. The van der Waals surface area contributed by atoms with Crippen LogP contribution >= 0.6 is 15.9 Å². The molecule has 0 aliphatic rings. The number of rotatable bonds is 6. The fraction of sp³-hybridized carbons (Fsp3) is 0.636. The minimum absolute atomic E-state index is 0.270. The van der Waals surface area contributed by atoms with Gasteiger partial charge in [0.05, 0.1) is 13.4 Å². The maximum atomic E-state index is 11.3. The second kappa shape index (κ2) is 6.49. The summed E-state index contributed by atoms with van der Waals surface area (Å²) in [6.45, 7) is 8.03. The van der Waals surface area contributed by atoms with Crippen molar-refractivity contribution in [3.63, 3.8) is 0 Å². The first-order valence-corrected chi connectivity index (χ1v) is 10.2. The largest absolute Gasteiger partial charge is 0.464 e. The molecule has 0 radical (unpaired) electrons. The summed E-state index contributed by atoms with van der Waals surface area (Å²) < 4.78 is 12.5. The van der Waals surface area contributed by atoms with E-state index in [-0.39, 0.29) is 5.69 Å². The molecule has 0 aliphatic carbocycles. The van der Waals surface area contributed by atoms with Gasteiger partial charge in [0.1, 0.15) is 11.3 Å². The van der Waals surface area contributed by atoms with E-state index in [1.165, 1.54) is 7.11 Å². The molecule has 0 saturated carbocycles. The van der Waals surface area contributed by atoms with Gasteiger partial charge in [-0.2, -0.15) is 0 Å². The highest BCUT2D eigenvalue weighted by molar-refractivity contribution is 9.10. The lowest BCUT2D eigenvalue weighted by Crippen LogP contribution is -2.22. The quantitative estimate of drug-likeness (QED) is 0.456. The highest BCUT2D eigenvalue weighted by Gasteiger charge is 2.17. The van der Waals surface area contributed by atoms with E-state index in [9.17, 15) is 4.79 Å². The van der Waals surface area contributed by atoms with Gasteiger partial charge in [-0.1, -0.05) is 19.6 Å². The van der Waals surface area contributed by atoms with E-state index >= 15 is 0 Å². The topological polar surface area (TPSA) is 53.3 Å². The van der Waals surface area contributed by atoms with Crippen LogP contribution in [-0.4, -0.2) is 37.3 Å². The Morgan fingerprint density at radius 1 is 1.50 bits per heavy atom. The number of imidazole rings is 1. The molecule has 1 aromatic heterocycles. The predicted octanol–water partition coefficient (Wildman–Crippen LogP) is 2.74. The van der Waals surface area contributed by atoms with Gasteiger partial charge in [-0.05, 0) is 22.0 Å². The summed E-state index contributed by atoms with van der Waals surface area (Å²) in [4.78, 5) is 15.3. The van der Waals surface area contributed by atoms with Crippen LogP contribution < -0.4 is 0 Å². The Kier molecular flexibility index (Phi) is 5.55. The molecule has 0 spiro atoms. The van der Waals surface area contributed by atoms with Crippen LogP contribution in [0.4, 0.5) is 0 Å². The molecule has 0 N–H and O–H groups in total. The van der Waals surface area contributed by atoms with E-state index in [4.69, 9.17) is 4.74 Å². The molecule has 0 atom stereocenters. The van der Waals surface area contributed by atoms with Gasteiger partial charge < -0.3 is 14.0 Å². The molecule has 5 nitrogen and oxygen atoms in total. The number of hydrogen-bond donors (Lipinski definition) is 0. The Balaban J connectivity index is 2.49. The van der Waals surface area contributed by atoms with Crippen molar-refractivity contribution in [3.8, 4) is 0 Å². The molecule has 18 heavy (non-hydrogen) atoms. The maximum absolute atomic E-state index is 11.3. The molecule has 1 aromatic rings. The Morgan fingerprint density at radius 3 is 2.72 bits per heavy atom. The summed E-state index contributed by atoms with van der Waals surface area (Å²) in [7, 11) is 0.268. The third-order valence-corrected chi connectivity index (χ3v) is 4.91. The monoisotopic (exact) mass is 334 g/mol. The number of halogens is 1. The zero-order valence-electron chi connectivity index (χ0n) is 11.2. The number of aromatic nitrogens is 2. The lowest BCUT2D eigenvalue weighted by Gasteiger charge is -2.15. The lowest BCUT2D eigenvalue weighted by molar-refractivity contribution is 0.0591. The number of carbonyl (C=O) groups is 1. The van der Waals surface area contributed by atoms with E-state index in [0.29, 0.717) is 11.3 Å². The fourth-order valence-corrected chi connectivity index (χ4v) is 2.45. The number of nitrogens with zero attached hydrogens (tertiary/aromatic N) is 2. The summed E-state index contributed by atoms with van der Waals surface area (Å²) in [5.74, 6) is -0.456. The Morgan fingerprint density at radius 2 is 2.17 bits per heavy atom. The third kappa shape index (κ3) is 4.54. The average Bonchev–Trinajstić information content (AvgIpc) is 2.64. The first-order chi connectivity index (χ1) is 8.35. The van der Waals surface area contributed by atoms with Gasteiger partial charge in [-0.25, -0.2) is 9.78 Å². The molecule has 1 heterocycles. The van der Waals surface area contributed by atoms with Crippen LogP contribution in [0, 0.1) is 0 Å². The van der Waals surface area contributed by atoms with Crippen LogP contribution in [0.2, 0.25) is 25.7 Å². The Hall–Kier alpha value is -0.663. The molecule has 1 rings (SSSR count). The number of ether oxygens (including phenoxy) is 2. The molecule has 0 fully saturated rings. The molecule has 102 valence electrons. The van der Waals surface area contributed by atoms with E-state index in [2.05, 4.69) is 45.3 Å². The fourth-order valence-electron chi connectivity index (χ4n) is 1.23. The average molecular weight is 335 g/mol. The van der Waals surface area contributed by atoms with Crippen LogP contribution in [0.5, 0.6) is 0 Å². The van der Waals surface area contributed by atoms with Crippen molar-refractivity contribution in [2.45, 2.75) is 32.4 Å². The minimum atomic E-state index is -1.06. The standard InChI is InChI=1S/C11H19BrN2O3Si/c1-16-11(15)9-10(12)14(7-13-9)8-17-5-6-18(2,3)4/h7H,5-6,8H2,1-4H3. The van der Waals surface area contributed by atoms with Crippen LogP contribution in [0.25, 0.3) is 0 Å². The minimum Gasteiger partial charge on any atom is -0.464 e. The molecule has 0 aromatic carbocycles. The van der Waals surface area contributed by atoms with Crippen molar-refractivity contribution in [2.75, 3.05) is 13.7 Å². The second-order valence-electron chi connectivity index (χ2n) is 5.19. The van der Waals surface area contributed by atoms with Crippen molar-refractivity contribution in [1.29, 1.82) is 0 Å². The van der Waals surface area contributed by atoms with Gasteiger partial charge >= 0.3 is 5.97 Å². The van der Waals surface area contributed by atoms with E-state index < -0.39 is 14.0 Å². The van der Waals surface area contributed by atoms with E-state index in [1.807, 2.05) is 0 Å². The van der Waals surface area contributed by atoms with Gasteiger partial charge in [0.25, 0.3) is 0 Å². The highest BCUT2D eigenvalue weighted by atomic mass is 79.9. The van der Waals surface area contributed by atoms with Crippen LogP contribution in [0.3, 0.4) is 0 Å². The summed E-state index contributed by atoms with van der Waals surface area (Å²) in [5.41, 5.74) is 0.270. The smallest absolute Gasteiger partial charge is 0.359 e. The zero-order chi connectivity index (χ0) is 13.8. The third-order valence-electron chi connectivity index (χ3n) is 2.38. The SMILES string of the molecule is COC(=O)c1ncn(COCC[Si](C)(C)C)c1Br. The first-order valence-electron chi connectivity index (χ1n) is 5.72. The second-order valence-corrected chi connectivity index (χ2v) is 11.6. The highest BCUT2D eigenvalue weighted by Crippen LogP contribution is 2.16. The summed E-state index contributed by atoms with van der Waals surface area (Å²) in [6.07, 6.45) is 1.56. The summed E-state index contributed by atoms with van der Waals surface area (Å²) >= 11 is 3.31. The van der Waals surface area contributed by atoms with Crippen LogP contribution in [0.1, 0.15) is 10.5 Å². The molecule has 0 aliphatic heterocycles. The van der Waals surface area contributed by atoms with Crippen molar-refractivity contribution < 1.29 is 14.3 Å². The molecule has 0 saturated heterocycles. The van der Waals surface area contributed by atoms with Gasteiger partial charge in [0, 0.05) is 14.7 Å². The molecule has 0 amide bonds. The predicted molar refractivity (Wildman–Crippen MR) is 75.4 cm³/mol. The number of esters is 1. The number of methoxy groups -OCH3 is 1. The molecule has 7 heteroatoms. The van der Waals surface area contributed by atoms with Crippen LogP contribution in [0.15, 0.2) is 10.9 Å². The van der Waals surface area contributed by atoms with Gasteiger partial charge in [-0.3, -0.25) is 0 Å². The van der Waals surface area contributed by atoms with Crippen LogP contribution in [-0.2, 0) is 16.2 Å². The summed E-state index contributed by atoms with van der Waals surface area (Å²) in [6, 6.07) is 1.11. The molecular weight excluding hydrogens is 316 g/mol. The van der Waals surface area contributed by atoms with E-state index in [1.54, 1.807) is 10.9 Å². The Bertz CT molecular complexity index is 415. The van der Waals surface area contributed by atoms with Crippen molar-refractivity contribution in [1.82, 2.24) is 9.55 Å².